The molecule has 5 nitrogen and oxygen atoms in total. The number of benzene rings is 1. The predicted octanol–water partition coefficient (Wildman–Crippen LogP) is 3.72. The zero-order valence-corrected chi connectivity index (χ0v) is 18.0. The van der Waals surface area contributed by atoms with E-state index in [2.05, 4.69) is 16.2 Å². The maximum atomic E-state index is 14.5. The molecule has 2 rings (SSSR count). The number of terminal acetylenes is 1. The average molecular weight is 410 g/mol. The SMILES string of the molecule is C#CC(C)(C)NC(=O)c1cc(CC(=O)Cc2cc(O)c(C(C)(C)C)cc2F)ccn1. The minimum atomic E-state index is -0.830. The summed E-state index contributed by atoms with van der Waals surface area (Å²) >= 11 is 0. The van der Waals surface area contributed by atoms with Gasteiger partial charge in [-0.3, -0.25) is 14.6 Å². The molecule has 0 fully saturated rings. The smallest absolute Gasteiger partial charge is 0.271 e. The molecule has 1 amide bonds. The molecule has 158 valence electrons. The van der Waals surface area contributed by atoms with Crippen LogP contribution in [0.4, 0.5) is 4.39 Å². The van der Waals surface area contributed by atoms with Gasteiger partial charge in [0, 0.05) is 24.6 Å². The zero-order valence-electron chi connectivity index (χ0n) is 18.0. The van der Waals surface area contributed by atoms with Crippen LogP contribution in [-0.2, 0) is 23.1 Å². The van der Waals surface area contributed by atoms with Gasteiger partial charge in [-0.15, -0.1) is 6.42 Å². The average Bonchev–Trinajstić information content (AvgIpc) is 2.63. The van der Waals surface area contributed by atoms with E-state index < -0.39 is 22.7 Å². The molecule has 0 unspecified atom stereocenters. The molecule has 0 saturated heterocycles. The second-order valence-corrected chi connectivity index (χ2v) is 8.88. The number of aromatic nitrogens is 1. The molecule has 2 aromatic rings. The number of carbonyl (C=O) groups excluding carboxylic acids is 2. The van der Waals surface area contributed by atoms with Gasteiger partial charge in [-0.2, -0.15) is 0 Å². The molecule has 0 atom stereocenters. The second-order valence-electron chi connectivity index (χ2n) is 8.88. The fourth-order valence-electron chi connectivity index (χ4n) is 2.94. The number of hydrogen-bond donors (Lipinski definition) is 2. The Balaban J connectivity index is 2.14. The van der Waals surface area contributed by atoms with E-state index in [1.165, 1.54) is 24.4 Å². The minimum absolute atomic E-state index is 0.00254. The van der Waals surface area contributed by atoms with Gasteiger partial charge in [0.1, 0.15) is 23.0 Å². The van der Waals surface area contributed by atoms with E-state index in [-0.39, 0.29) is 35.6 Å². The second kappa shape index (κ2) is 8.66. The summed E-state index contributed by atoms with van der Waals surface area (Å²) in [6.07, 6.45) is 6.65. The molecule has 1 heterocycles. The summed E-state index contributed by atoms with van der Waals surface area (Å²) in [5, 5.41) is 12.9. The first-order valence-electron chi connectivity index (χ1n) is 9.61. The van der Waals surface area contributed by atoms with Gasteiger partial charge in [-0.25, -0.2) is 4.39 Å². The van der Waals surface area contributed by atoms with Crippen molar-refractivity contribution < 1.29 is 19.1 Å². The molecule has 0 aliphatic heterocycles. The molecular weight excluding hydrogens is 383 g/mol. The third kappa shape index (κ3) is 5.90. The fraction of sp³-hybridized carbons (Fsp3) is 0.375. The standard InChI is InChI=1S/C24H27FN2O3/c1-7-24(5,6)27-22(30)20-11-15(8-9-26-20)10-17(28)12-16-13-21(29)18(14-19(16)25)23(2,3)4/h1,8-9,11,13-14,29H,10,12H2,2-6H3,(H,27,30). The Labute approximate surface area is 176 Å². The van der Waals surface area contributed by atoms with Crippen LogP contribution >= 0.6 is 0 Å². The molecule has 0 aliphatic carbocycles. The van der Waals surface area contributed by atoms with Gasteiger partial charge < -0.3 is 10.4 Å². The van der Waals surface area contributed by atoms with Crippen molar-refractivity contribution >= 4 is 11.7 Å². The van der Waals surface area contributed by atoms with Crippen LogP contribution < -0.4 is 5.32 Å². The lowest BCUT2D eigenvalue weighted by molar-refractivity contribution is -0.117. The predicted molar refractivity (Wildman–Crippen MR) is 114 cm³/mol. The lowest BCUT2D eigenvalue weighted by Gasteiger charge is -2.21. The third-order valence-corrected chi connectivity index (χ3v) is 4.61. The molecule has 2 N–H and O–H groups in total. The first-order chi connectivity index (χ1) is 13.8. The number of nitrogens with one attached hydrogen (secondary N) is 1. The van der Waals surface area contributed by atoms with Gasteiger partial charge in [0.25, 0.3) is 5.91 Å². The van der Waals surface area contributed by atoms with Crippen LogP contribution in [0.25, 0.3) is 0 Å². The summed E-state index contributed by atoms with van der Waals surface area (Å²) in [7, 11) is 0. The van der Waals surface area contributed by atoms with Crippen molar-refractivity contribution in [3.8, 4) is 18.1 Å². The molecule has 6 heteroatoms. The number of rotatable bonds is 6. The van der Waals surface area contributed by atoms with Crippen molar-refractivity contribution in [1.29, 1.82) is 0 Å². The summed E-state index contributed by atoms with van der Waals surface area (Å²) in [4.78, 5) is 28.8. The van der Waals surface area contributed by atoms with Gasteiger partial charge in [0.05, 0.1) is 5.54 Å². The van der Waals surface area contributed by atoms with E-state index in [0.717, 1.165) is 0 Å². The first-order valence-corrected chi connectivity index (χ1v) is 9.61. The van der Waals surface area contributed by atoms with Crippen LogP contribution in [-0.4, -0.2) is 27.3 Å². The lowest BCUT2D eigenvalue weighted by Crippen LogP contribution is -2.42. The number of phenolic OH excluding ortho intramolecular Hbond substituents is 1. The van der Waals surface area contributed by atoms with Crippen LogP contribution in [0.5, 0.6) is 5.75 Å². The summed E-state index contributed by atoms with van der Waals surface area (Å²) < 4.78 is 14.5. The number of pyridine rings is 1. The highest BCUT2D eigenvalue weighted by Crippen LogP contribution is 2.32. The summed E-state index contributed by atoms with van der Waals surface area (Å²) in [6.45, 7) is 8.98. The Morgan fingerprint density at radius 3 is 2.43 bits per heavy atom. The number of nitrogens with zero attached hydrogens (tertiary/aromatic N) is 1. The van der Waals surface area contributed by atoms with Crippen LogP contribution in [0.3, 0.4) is 0 Å². The van der Waals surface area contributed by atoms with Crippen molar-refractivity contribution in [2.45, 2.75) is 58.4 Å². The van der Waals surface area contributed by atoms with E-state index in [1.807, 2.05) is 20.8 Å². The minimum Gasteiger partial charge on any atom is -0.508 e. The number of hydrogen-bond acceptors (Lipinski definition) is 4. The third-order valence-electron chi connectivity index (χ3n) is 4.61. The highest BCUT2D eigenvalue weighted by Gasteiger charge is 2.22. The first kappa shape index (κ1) is 23.1. The highest BCUT2D eigenvalue weighted by molar-refractivity contribution is 5.93. The quantitative estimate of drug-likeness (QED) is 0.712. The number of Topliss-reactive ketones (excluding diaryl/α,β-unsaturated/α-hetero) is 1. The molecule has 0 saturated carbocycles. The lowest BCUT2D eigenvalue weighted by atomic mass is 9.85. The number of phenols is 1. The number of amides is 1. The topological polar surface area (TPSA) is 79.3 Å². The molecule has 0 bridgehead atoms. The van der Waals surface area contributed by atoms with Gasteiger partial charge >= 0.3 is 0 Å². The van der Waals surface area contributed by atoms with E-state index in [0.29, 0.717) is 11.1 Å². The van der Waals surface area contributed by atoms with E-state index in [1.54, 1.807) is 19.9 Å². The Morgan fingerprint density at radius 2 is 1.83 bits per heavy atom. The molecular formula is C24H27FN2O3. The molecule has 1 aromatic carbocycles. The highest BCUT2D eigenvalue weighted by atomic mass is 19.1. The maximum Gasteiger partial charge on any atom is 0.271 e. The van der Waals surface area contributed by atoms with Crippen molar-refractivity contribution in [2.75, 3.05) is 0 Å². The Kier molecular flexibility index (Phi) is 6.66. The normalized spacial score (nSPS) is 11.6. The molecule has 0 radical (unpaired) electrons. The largest absolute Gasteiger partial charge is 0.508 e. The zero-order chi connectivity index (χ0) is 22.7. The summed E-state index contributed by atoms with van der Waals surface area (Å²) in [6, 6.07) is 5.72. The summed E-state index contributed by atoms with van der Waals surface area (Å²) in [5.41, 5.74) is 0.0828. The van der Waals surface area contributed by atoms with Crippen molar-refractivity contribution in [1.82, 2.24) is 10.3 Å². The van der Waals surface area contributed by atoms with Gasteiger partial charge in [0.2, 0.25) is 0 Å². The van der Waals surface area contributed by atoms with Crippen LogP contribution in [0.1, 0.15) is 61.8 Å². The number of aromatic hydroxyl groups is 1. The molecule has 0 aliphatic rings. The Bertz CT molecular complexity index is 1010. The van der Waals surface area contributed by atoms with E-state index >= 15 is 0 Å². The van der Waals surface area contributed by atoms with E-state index in [4.69, 9.17) is 6.42 Å². The summed E-state index contributed by atoms with van der Waals surface area (Å²) in [5.74, 6) is 1.21. The molecule has 1 aromatic heterocycles. The number of ketones is 1. The fourth-order valence-corrected chi connectivity index (χ4v) is 2.94. The van der Waals surface area contributed by atoms with E-state index in [9.17, 15) is 19.1 Å². The maximum absolute atomic E-state index is 14.5. The van der Waals surface area contributed by atoms with Gasteiger partial charge in [-0.1, -0.05) is 26.7 Å². The van der Waals surface area contributed by atoms with Crippen molar-refractivity contribution in [2.24, 2.45) is 0 Å². The van der Waals surface area contributed by atoms with Crippen molar-refractivity contribution in [3.63, 3.8) is 0 Å². The molecule has 30 heavy (non-hydrogen) atoms. The number of carbonyl (C=O) groups is 2. The molecule has 0 spiro atoms. The number of halogens is 1. The Morgan fingerprint density at radius 1 is 1.17 bits per heavy atom. The van der Waals surface area contributed by atoms with Gasteiger partial charge in [0.15, 0.2) is 0 Å². The van der Waals surface area contributed by atoms with Crippen LogP contribution in [0.15, 0.2) is 30.5 Å². The van der Waals surface area contributed by atoms with Gasteiger partial charge in [-0.05, 0) is 54.7 Å². The monoisotopic (exact) mass is 410 g/mol. The van der Waals surface area contributed by atoms with Crippen molar-refractivity contribution in [3.05, 3.63) is 58.7 Å². The Hall–Kier alpha value is -3.20. The van der Waals surface area contributed by atoms with Crippen LogP contribution in [0, 0.1) is 18.2 Å². The van der Waals surface area contributed by atoms with Crippen LogP contribution in [0.2, 0.25) is 0 Å².